The maximum atomic E-state index is 12.7. The zero-order chi connectivity index (χ0) is 19.6. The van der Waals surface area contributed by atoms with Gasteiger partial charge in [0.25, 0.3) is 0 Å². The monoisotopic (exact) mass is 369 g/mol. The SMILES string of the molecule is C=CCN1C[C@@H](C(=O)N2CCN(Cc3cc(C)cc(C)c3)C(=O)C2)CC1=O. The van der Waals surface area contributed by atoms with Crippen molar-refractivity contribution in [3.05, 3.63) is 47.5 Å². The lowest BCUT2D eigenvalue weighted by Gasteiger charge is -2.35. The van der Waals surface area contributed by atoms with Gasteiger partial charge >= 0.3 is 0 Å². The summed E-state index contributed by atoms with van der Waals surface area (Å²) in [6, 6.07) is 6.30. The highest BCUT2D eigenvalue weighted by atomic mass is 16.2. The Morgan fingerprint density at radius 2 is 1.81 bits per heavy atom. The molecule has 1 aromatic rings. The zero-order valence-corrected chi connectivity index (χ0v) is 16.1. The molecule has 3 amide bonds. The largest absolute Gasteiger partial charge is 0.338 e. The highest BCUT2D eigenvalue weighted by Gasteiger charge is 2.38. The quantitative estimate of drug-likeness (QED) is 0.739. The Bertz CT molecular complexity index is 754. The first-order valence-corrected chi connectivity index (χ1v) is 9.39. The van der Waals surface area contributed by atoms with Gasteiger partial charge in [0.15, 0.2) is 0 Å². The van der Waals surface area contributed by atoms with Crippen LogP contribution in [0, 0.1) is 19.8 Å². The van der Waals surface area contributed by atoms with Gasteiger partial charge in [-0.1, -0.05) is 35.4 Å². The van der Waals surface area contributed by atoms with Crippen LogP contribution in [0.25, 0.3) is 0 Å². The lowest BCUT2D eigenvalue weighted by atomic mass is 10.1. The van der Waals surface area contributed by atoms with Crippen LogP contribution in [-0.2, 0) is 20.9 Å². The number of nitrogens with zero attached hydrogens (tertiary/aromatic N) is 3. The summed E-state index contributed by atoms with van der Waals surface area (Å²) in [5, 5.41) is 0. The fourth-order valence-corrected chi connectivity index (χ4v) is 3.97. The molecule has 0 N–H and O–H groups in total. The minimum Gasteiger partial charge on any atom is -0.338 e. The number of likely N-dealkylation sites (tertiary alicyclic amines) is 1. The molecule has 2 aliphatic rings. The van der Waals surface area contributed by atoms with Gasteiger partial charge in [0.2, 0.25) is 17.7 Å². The first kappa shape index (κ1) is 19.1. The average Bonchev–Trinajstić information content (AvgIpc) is 2.96. The molecule has 0 unspecified atom stereocenters. The smallest absolute Gasteiger partial charge is 0.242 e. The van der Waals surface area contributed by atoms with Crippen molar-refractivity contribution in [3.63, 3.8) is 0 Å². The summed E-state index contributed by atoms with van der Waals surface area (Å²) in [6.07, 6.45) is 1.89. The lowest BCUT2D eigenvalue weighted by molar-refractivity contribution is -0.147. The number of rotatable bonds is 5. The number of hydrogen-bond acceptors (Lipinski definition) is 3. The number of piperazine rings is 1. The molecule has 3 rings (SSSR count). The lowest BCUT2D eigenvalue weighted by Crippen LogP contribution is -2.53. The average molecular weight is 369 g/mol. The van der Waals surface area contributed by atoms with E-state index < -0.39 is 0 Å². The Labute approximate surface area is 160 Å². The predicted octanol–water partition coefficient (Wildman–Crippen LogP) is 1.51. The van der Waals surface area contributed by atoms with Crippen molar-refractivity contribution in [2.45, 2.75) is 26.8 Å². The Morgan fingerprint density at radius 1 is 1.11 bits per heavy atom. The molecule has 6 heteroatoms. The van der Waals surface area contributed by atoms with Gasteiger partial charge < -0.3 is 14.7 Å². The van der Waals surface area contributed by atoms with Crippen molar-refractivity contribution in [1.29, 1.82) is 0 Å². The molecular weight excluding hydrogens is 342 g/mol. The molecule has 1 atom stereocenters. The summed E-state index contributed by atoms with van der Waals surface area (Å²) in [6.45, 7) is 10.3. The fraction of sp³-hybridized carbons (Fsp3) is 0.476. The van der Waals surface area contributed by atoms with Crippen LogP contribution in [-0.4, -0.2) is 65.1 Å². The van der Waals surface area contributed by atoms with E-state index in [0.717, 1.165) is 5.56 Å². The number of amides is 3. The van der Waals surface area contributed by atoms with Crippen LogP contribution in [0.4, 0.5) is 0 Å². The molecule has 0 bridgehead atoms. The van der Waals surface area contributed by atoms with E-state index in [0.29, 0.717) is 32.7 Å². The summed E-state index contributed by atoms with van der Waals surface area (Å²) >= 11 is 0. The van der Waals surface area contributed by atoms with E-state index in [2.05, 4.69) is 24.8 Å². The van der Waals surface area contributed by atoms with Crippen LogP contribution in [0.5, 0.6) is 0 Å². The number of aryl methyl sites for hydroxylation is 2. The molecule has 2 heterocycles. The van der Waals surface area contributed by atoms with Crippen LogP contribution in [0.2, 0.25) is 0 Å². The van der Waals surface area contributed by atoms with E-state index in [4.69, 9.17) is 0 Å². The van der Waals surface area contributed by atoms with Crippen LogP contribution in [0.15, 0.2) is 30.9 Å². The second kappa shape index (κ2) is 7.94. The van der Waals surface area contributed by atoms with Gasteiger partial charge in [-0.05, 0) is 19.4 Å². The minimum absolute atomic E-state index is 0.0203. The molecule has 27 heavy (non-hydrogen) atoms. The molecule has 1 aromatic carbocycles. The van der Waals surface area contributed by atoms with Gasteiger partial charge in [0.05, 0.1) is 12.5 Å². The molecular formula is C21H27N3O3. The molecule has 0 spiro atoms. The molecule has 6 nitrogen and oxygen atoms in total. The van der Waals surface area contributed by atoms with Gasteiger partial charge in [0, 0.05) is 39.1 Å². The Morgan fingerprint density at radius 3 is 2.44 bits per heavy atom. The number of carbonyl (C=O) groups is 3. The third-order valence-corrected chi connectivity index (χ3v) is 5.20. The van der Waals surface area contributed by atoms with Crippen molar-refractivity contribution in [1.82, 2.24) is 14.7 Å². The van der Waals surface area contributed by atoms with Crippen molar-refractivity contribution >= 4 is 17.7 Å². The second-order valence-corrected chi connectivity index (χ2v) is 7.56. The molecule has 0 radical (unpaired) electrons. The minimum atomic E-state index is -0.351. The number of hydrogen-bond donors (Lipinski definition) is 0. The Hall–Kier alpha value is -2.63. The van der Waals surface area contributed by atoms with E-state index in [1.165, 1.54) is 11.1 Å². The second-order valence-electron chi connectivity index (χ2n) is 7.56. The number of benzene rings is 1. The first-order valence-electron chi connectivity index (χ1n) is 9.39. The van der Waals surface area contributed by atoms with E-state index in [1.54, 1.807) is 15.9 Å². The molecule has 144 valence electrons. The predicted molar refractivity (Wildman–Crippen MR) is 103 cm³/mol. The van der Waals surface area contributed by atoms with Crippen molar-refractivity contribution in [3.8, 4) is 0 Å². The highest BCUT2D eigenvalue weighted by Crippen LogP contribution is 2.21. The van der Waals surface area contributed by atoms with Crippen molar-refractivity contribution in [2.75, 3.05) is 32.7 Å². The van der Waals surface area contributed by atoms with Gasteiger partial charge in [-0.15, -0.1) is 6.58 Å². The van der Waals surface area contributed by atoms with E-state index in [-0.39, 0.29) is 36.6 Å². The summed E-state index contributed by atoms with van der Waals surface area (Å²) in [5.41, 5.74) is 3.48. The highest BCUT2D eigenvalue weighted by molar-refractivity contribution is 5.92. The maximum absolute atomic E-state index is 12.7. The van der Waals surface area contributed by atoms with Gasteiger partial charge in [-0.25, -0.2) is 0 Å². The topological polar surface area (TPSA) is 60.9 Å². The standard InChI is InChI=1S/C21H27N3O3/c1-4-5-22-13-18(11-19(22)25)21(27)24-7-6-23(20(26)14-24)12-17-9-15(2)8-16(3)10-17/h4,8-10,18H,1,5-7,11-14H2,2-3H3/t18-/m0/s1. The third-order valence-electron chi connectivity index (χ3n) is 5.20. The zero-order valence-electron chi connectivity index (χ0n) is 16.1. The molecule has 0 saturated carbocycles. The Kier molecular flexibility index (Phi) is 5.63. The third kappa shape index (κ3) is 4.38. The van der Waals surface area contributed by atoms with Crippen LogP contribution in [0.3, 0.4) is 0 Å². The van der Waals surface area contributed by atoms with Gasteiger partial charge in [-0.2, -0.15) is 0 Å². The van der Waals surface area contributed by atoms with E-state index in [1.807, 2.05) is 18.7 Å². The summed E-state index contributed by atoms with van der Waals surface area (Å²) in [4.78, 5) is 42.3. The summed E-state index contributed by atoms with van der Waals surface area (Å²) < 4.78 is 0. The van der Waals surface area contributed by atoms with Crippen molar-refractivity contribution in [2.24, 2.45) is 5.92 Å². The fourth-order valence-electron chi connectivity index (χ4n) is 3.97. The van der Waals surface area contributed by atoms with Gasteiger partial charge in [-0.3, -0.25) is 14.4 Å². The van der Waals surface area contributed by atoms with Crippen LogP contribution in [0.1, 0.15) is 23.1 Å². The van der Waals surface area contributed by atoms with Crippen LogP contribution >= 0.6 is 0 Å². The van der Waals surface area contributed by atoms with Gasteiger partial charge in [0.1, 0.15) is 0 Å². The summed E-state index contributed by atoms with van der Waals surface area (Å²) in [7, 11) is 0. The molecule has 2 aliphatic heterocycles. The number of carbonyl (C=O) groups excluding carboxylic acids is 3. The normalized spacial score (nSPS) is 20.4. The summed E-state index contributed by atoms with van der Waals surface area (Å²) in [5.74, 6) is -0.500. The van der Waals surface area contributed by atoms with E-state index >= 15 is 0 Å². The molecule has 2 fully saturated rings. The van der Waals surface area contributed by atoms with Crippen molar-refractivity contribution < 1.29 is 14.4 Å². The molecule has 0 aromatic heterocycles. The molecule has 2 saturated heterocycles. The first-order chi connectivity index (χ1) is 12.9. The van der Waals surface area contributed by atoms with Crippen LogP contribution < -0.4 is 0 Å². The maximum Gasteiger partial charge on any atom is 0.242 e. The molecule has 0 aliphatic carbocycles. The Balaban J connectivity index is 1.58. The van der Waals surface area contributed by atoms with E-state index in [9.17, 15) is 14.4 Å².